The lowest BCUT2D eigenvalue weighted by atomic mass is 10.2. The van der Waals surface area contributed by atoms with Crippen LogP contribution in [0, 0.1) is 6.92 Å². The monoisotopic (exact) mass is 333 g/mol. The van der Waals surface area contributed by atoms with Gasteiger partial charge in [-0.25, -0.2) is 4.98 Å². The van der Waals surface area contributed by atoms with Crippen molar-refractivity contribution >= 4 is 22.7 Å². The second-order valence-corrected chi connectivity index (χ2v) is 7.28. The number of aliphatic hydroxyl groups excluding tert-OH is 1. The average molecular weight is 334 g/mol. The number of nitrogens with zero attached hydrogens (tertiary/aromatic N) is 2. The van der Waals surface area contributed by atoms with Crippen LogP contribution in [0.25, 0.3) is 0 Å². The molecule has 1 aromatic carbocycles. The molecule has 0 saturated carbocycles. The number of nitrogens with one attached hydrogen (secondary N) is 1. The highest BCUT2D eigenvalue weighted by atomic mass is 32.1. The highest BCUT2D eigenvalue weighted by Gasteiger charge is 2.16. The zero-order chi connectivity index (χ0) is 17.0. The lowest BCUT2D eigenvalue weighted by Crippen LogP contribution is -2.20. The van der Waals surface area contributed by atoms with E-state index >= 15 is 0 Å². The van der Waals surface area contributed by atoms with E-state index in [1.165, 1.54) is 9.88 Å². The van der Waals surface area contributed by atoms with Crippen LogP contribution in [-0.2, 0) is 0 Å². The molecule has 1 atom stereocenters. The van der Waals surface area contributed by atoms with Gasteiger partial charge in [-0.2, -0.15) is 0 Å². The van der Waals surface area contributed by atoms with Gasteiger partial charge in [0.05, 0.1) is 23.4 Å². The molecule has 0 amide bonds. The fraction of sp³-hybridized carbons (Fsp3) is 0.500. The minimum absolute atomic E-state index is 0.163. The zero-order valence-corrected chi connectivity index (χ0v) is 15.4. The molecule has 1 aromatic heterocycles. The number of aryl methyl sites for hydroxylation is 1. The molecule has 0 aliphatic heterocycles. The number of hydrogen-bond acceptors (Lipinski definition) is 5. The van der Waals surface area contributed by atoms with Gasteiger partial charge in [-0.3, -0.25) is 0 Å². The Hall–Kier alpha value is -1.59. The third-order valence-electron chi connectivity index (χ3n) is 3.86. The molecule has 2 N–H and O–H groups in total. The van der Waals surface area contributed by atoms with E-state index in [1.54, 1.807) is 11.3 Å². The van der Waals surface area contributed by atoms with Crippen molar-refractivity contribution < 1.29 is 5.11 Å². The van der Waals surface area contributed by atoms with Crippen LogP contribution in [-0.4, -0.2) is 30.3 Å². The van der Waals surface area contributed by atoms with Crippen LogP contribution < -0.4 is 10.2 Å². The maximum atomic E-state index is 9.01. The summed E-state index contributed by atoms with van der Waals surface area (Å²) >= 11 is 1.80. The number of aliphatic hydroxyl groups is 1. The fourth-order valence-corrected chi connectivity index (χ4v) is 3.56. The average Bonchev–Trinajstić information content (AvgIpc) is 2.90. The number of rotatable bonds is 7. The van der Waals surface area contributed by atoms with Gasteiger partial charge in [0.2, 0.25) is 0 Å². The first kappa shape index (κ1) is 17.8. The van der Waals surface area contributed by atoms with E-state index in [0.717, 1.165) is 17.1 Å². The lowest BCUT2D eigenvalue weighted by molar-refractivity contribution is 0.304. The van der Waals surface area contributed by atoms with E-state index < -0.39 is 0 Å². The normalized spacial score (nSPS) is 12.5. The van der Waals surface area contributed by atoms with E-state index in [1.807, 2.05) is 11.9 Å². The number of likely N-dealkylation sites (N-methyl/N-ethyl adjacent to an activating group) is 1. The summed E-state index contributed by atoms with van der Waals surface area (Å²) in [7, 11) is 1.98. The second-order valence-electron chi connectivity index (χ2n) is 6.21. The predicted molar refractivity (Wildman–Crippen MR) is 99.8 cm³/mol. The Morgan fingerprint density at radius 1 is 1.22 bits per heavy atom. The van der Waals surface area contributed by atoms with Crippen molar-refractivity contribution in [1.82, 2.24) is 4.98 Å². The Morgan fingerprint density at radius 3 is 2.39 bits per heavy atom. The summed E-state index contributed by atoms with van der Waals surface area (Å²) in [5.41, 5.74) is 3.32. The van der Waals surface area contributed by atoms with Crippen LogP contribution in [0.4, 0.5) is 11.4 Å². The largest absolute Gasteiger partial charge is 0.395 e. The molecule has 0 radical (unpaired) electrons. The van der Waals surface area contributed by atoms with E-state index in [4.69, 9.17) is 5.11 Å². The van der Waals surface area contributed by atoms with Crippen molar-refractivity contribution in [2.75, 3.05) is 30.4 Å². The molecule has 0 aliphatic carbocycles. The molecular formula is C18H27N3OS. The third kappa shape index (κ3) is 4.45. The SMILES string of the molecule is Cc1nc(C(C)C)sc1C(C)Nc1ccc(N(C)CCO)cc1. The summed E-state index contributed by atoms with van der Waals surface area (Å²) in [6.45, 7) is 9.43. The summed E-state index contributed by atoms with van der Waals surface area (Å²) < 4.78 is 0. The smallest absolute Gasteiger partial charge is 0.0957 e. The van der Waals surface area contributed by atoms with Crippen LogP contribution in [0.1, 0.15) is 48.3 Å². The number of benzene rings is 1. The number of thiazole rings is 1. The maximum absolute atomic E-state index is 9.01. The minimum atomic E-state index is 0.163. The van der Waals surface area contributed by atoms with Gasteiger partial charge < -0.3 is 15.3 Å². The number of aromatic nitrogens is 1. The van der Waals surface area contributed by atoms with Crippen molar-refractivity contribution in [2.24, 2.45) is 0 Å². The van der Waals surface area contributed by atoms with E-state index in [0.29, 0.717) is 12.5 Å². The van der Waals surface area contributed by atoms with Crippen molar-refractivity contribution in [1.29, 1.82) is 0 Å². The lowest BCUT2D eigenvalue weighted by Gasteiger charge is -2.19. The summed E-state index contributed by atoms with van der Waals surface area (Å²) in [4.78, 5) is 8.02. The first-order chi connectivity index (χ1) is 10.9. The summed E-state index contributed by atoms with van der Waals surface area (Å²) in [6, 6.07) is 8.55. The molecule has 1 unspecified atom stereocenters. The third-order valence-corrected chi connectivity index (χ3v) is 5.50. The van der Waals surface area contributed by atoms with Gasteiger partial charge in [0.1, 0.15) is 0 Å². The molecule has 1 heterocycles. The van der Waals surface area contributed by atoms with Crippen molar-refractivity contribution in [3.63, 3.8) is 0 Å². The Bertz CT molecular complexity index is 622. The topological polar surface area (TPSA) is 48.4 Å². The fourth-order valence-electron chi connectivity index (χ4n) is 2.49. The number of hydrogen-bond donors (Lipinski definition) is 2. The highest BCUT2D eigenvalue weighted by Crippen LogP contribution is 2.31. The van der Waals surface area contributed by atoms with Gasteiger partial charge in [0.15, 0.2) is 0 Å². The Labute approximate surface area is 143 Å². The molecule has 4 nitrogen and oxygen atoms in total. The van der Waals surface area contributed by atoms with Gasteiger partial charge in [0.25, 0.3) is 0 Å². The van der Waals surface area contributed by atoms with Gasteiger partial charge in [-0.05, 0) is 38.1 Å². The summed E-state index contributed by atoms with van der Waals surface area (Å²) in [6.07, 6.45) is 0. The van der Waals surface area contributed by atoms with Crippen LogP contribution >= 0.6 is 11.3 Å². The molecular weight excluding hydrogens is 306 g/mol. The van der Waals surface area contributed by atoms with Crippen molar-refractivity contribution in [2.45, 2.75) is 39.7 Å². The Balaban J connectivity index is 2.06. The van der Waals surface area contributed by atoms with Crippen LogP contribution in [0.3, 0.4) is 0 Å². The van der Waals surface area contributed by atoms with Gasteiger partial charge in [-0.15, -0.1) is 11.3 Å². The van der Waals surface area contributed by atoms with Crippen molar-refractivity contribution in [3.8, 4) is 0 Å². The van der Waals surface area contributed by atoms with Gasteiger partial charge in [-0.1, -0.05) is 13.8 Å². The minimum Gasteiger partial charge on any atom is -0.395 e. The molecule has 0 bridgehead atoms. The quantitative estimate of drug-likeness (QED) is 0.798. The first-order valence-electron chi connectivity index (χ1n) is 8.08. The molecule has 5 heteroatoms. The number of anilines is 2. The molecule has 126 valence electrons. The second kappa shape index (κ2) is 7.79. The molecule has 2 aromatic rings. The highest BCUT2D eigenvalue weighted by molar-refractivity contribution is 7.12. The zero-order valence-electron chi connectivity index (χ0n) is 14.6. The van der Waals surface area contributed by atoms with Gasteiger partial charge >= 0.3 is 0 Å². The summed E-state index contributed by atoms with van der Waals surface area (Å²) in [5.74, 6) is 0.473. The standard InChI is InChI=1S/C18H27N3OS/c1-12(2)18-20-14(4)17(23-18)13(3)19-15-6-8-16(9-7-15)21(5)10-11-22/h6-9,12-13,19,22H,10-11H2,1-5H3. The molecule has 23 heavy (non-hydrogen) atoms. The van der Waals surface area contributed by atoms with Crippen LogP contribution in [0.2, 0.25) is 0 Å². The molecule has 0 aliphatic rings. The van der Waals surface area contributed by atoms with Crippen LogP contribution in [0.15, 0.2) is 24.3 Å². The molecule has 2 rings (SSSR count). The molecule has 0 saturated heterocycles. The molecule has 0 spiro atoms. The van der Waals surface area contributed by atoms with E-state index in [9.17, 15) is 0 Å². The predicted octanol–water partition coefficient (Wildman–Crippen LogP) is 4.18. The van der Waals surface area contributed by atoms with E-state index in [2.05, 4.69) is 62.3 Å². The van der Waals surface area contributed by atoms with E-state index in [-0.39, 0.29) is 12.6 Å². The summed E-state index contributed by atoms with van der Waals surface area (Å²) in [5, 5.41) is 13.8. The van der Waals surface area contributed by atoms with Gasteiger partial charge in [0, 0.05) is 35.8 Å². The van der Waals surface area contributed by atoms with Crippen LogP contribution in [0.5, 0.6) is 0 Å². The Morgan fingerprint density at radius 2 is 1.87 bits per heavy atom. The molecule has 0 fully saturated rings. The maximum Gasteiger partial charge on any atom is 0.0957 e. The van der Waals surface area contributed by atoms with Crippen molar-refractivity contribution in [3.05, 3.63) is 39.8 Å². The first-order valence-corrected chi connectivity index (χ1v) is 8.89. The Kier molecular flexibility index (Phi) is 6.02.